The minimum atomic E-state index is -0.846. The Hall–Kier alpha value is -1.65. The number of carboxylic acid groups (broad SMARTS) is 1. The van der Waals surface area contributed by atoms with Crippen LogP contribution in [0.15, 0.2) is 43.0 Å². The summed E-state index contributed by atoms with van der Waals surface area (Å²) in [7, 11) is 0. The van der Waals surface area contributed by atoms with E-state index in [1.165, 1.54) is 5.56 Å². The molecule has 1 heterocycles. The lowest BCUT2D eigenvalue weighted by Gasteiger charge is -2.40. The smallest absolute Gasteiger partial charge is 0.325 e. The zero-order valence-corrected chi connectivity index (χ0v) is 11.7. The van der Waals surface area contributed by atoms with Crippen LogP contribution in [0, 0.1) is 0 Å². The van der Waals surface area contributed by atoms with Gasteiger partial charge in [-0.3, -0.25) is 15.0 Å². The van der Waals surface area contributed by atoms with Gasteiger partial charge in [-0.05, 0) is 24.9 Å². The molecule has 0 bridgehead atoms. The van der Waals surface area contributed by atoms with Gasteiger partial charge in [0.1, 0.15) is 5.54 Å². The number of likely N-dealkylation sites (tertiary alicyclic amines) is 1. The molecule has 0 aliphatic carbocycles. The Morgan fingerprint density at radius 3 is 2.85 bits per heavy atom. The van der Waals surface area contributed by atoms with Crippen molar-refractivity contribution in [2.24, 2.45) is 0 Å². The van der Waals surface area contributed by atoms with E-state index in [1.54, 1.807) is 6.08 Å². The zero-order valence-electron chi connectivity index (χ0n) is 11.7. The lowest BCUT2D eigenvalue weighted by atomic mass is 9.88. The fraction of sp³-hybridized carbons (Fsp3) is 0.438. The minimum Gasteiger partial charge on any atom is -0.480 e. The van der Waals surface area contributed by atoms with Gasteiger partial charge in [0.25, 0.3) is 0 Å². The van der Waals surface area contributed by atoms with E-state index in [-0.39, 0.29) is 0 Å². The Morgan fingerprint density at radius 2 is 2.20 bits per heavy atom. The molecule has 1 aromatic rings. The molecule has 2 rings (SSSR count). The number of benzene rings is 1. The van der Waals surface area contributed by atoms with Gasteiger partial charge in [-0.25, -0.2) is 0 Å². The molecular formula is C16H22N2O2. The molecule has 1 aromatic carbocycles. The highest BCUT2D eigenvalue weighted by atomic mass is 16.4. The van der Waals surface area contributed by atoms with Crippen LogP contribution in [-0.4, -0.2) is 41.1 Å². The van der Waals surface area contributed by atoms with Gasteiger partial charge in [0.2, 0.25) is 0 Å². The Morgan fingerprint density at radius 1 is 1.45 bits per heavy atom. The van der Waals surface area contributed by atoms with Crippen molar-refractivity contribution >= 4 is 5.97 Å². The molecule has 1 unspecified atom stereocenters. The lowest BCUT2D eigenvalue weighted by Crippen LogP contribution is -2.61. The molecule has 108 valence electrons. The van der Waals surface area contributed by atoms with Crippen LogP contribution in [0.5, 0.6) is 0 Å². The van der Waals surface area contributed by atoms with E-state index in [0.717, 1.165) is 19.5 Å². The van der Waals surface area contributed by atoms with E-state index in [0.29, 0.717) is 19.5 Å². The van der Waals surface area contributed by atoms with Crippen molar-refractivity contribution in [3.8, 4) is 0 Å². The number of nitrogens with zero attached hydrogens (tertiary/aromatic N) is 1. The normalized spacial score (nSPS) is 23.4. The molecular weight excluding hydrogens is 252 g/mol. The molecule has 4 nitrogen and oxygen atoms in total. The Bertz CT molecular complexity index is 461. The quantitative estimate of drug-likeness (QED) is 0.778. The Kier molecular flexibility index (Phi) is 4.93. The van der Waals surface area contributed by atoms with Gasteiger partial charge in [-0.15, -0.1) is 6.58 Å². The first-order valence-electron chi connectivity index (χ1n) is 7.02. The maximum atomic E-state index is 11.7. The van der Waals surface area contributed by atoms with Crippen molar-refractivity contribution in [1.82, 2.24) is 10.2 Å². The molecule has 0 radical (unpaired) electrons. The van der Waals surface area contributed by atoms with Gasteiger partial charge >= 0.3 is 5.97 Å². The summed E-state index contributed by atoms with van der Waals surface area (Å²) >= 11 is 0. The fourth-order valence-corrected chi connectivity index (χ4v) is 2.78. The van der Waals surface area contributed by atoms with Crippen molar-refractivity contribution in [2.75, 3.05) is 19.6 Å². The Balaban J connectivity index is 2.05. The summed E-state index contributed by atoms with van der Waals surface area (Å²) in [6.45, 7) is 6.45. The average molecular weight is 274 g/mol. The predicted molar refractivity (Wildman–Crippen MR) is 79.5 cm³/mol. The predicted octanol–water partition coefficient (Wildman–Crippen LogP) is 1.88. The molecule has 1 aliphatic heterocycles. The highest BCUT2D eigenvalue weighted by molar-refractivity contribution is 5.79. The van der Waals surface area contributed by atoms with Gasteiger partial charge in [-0.1, -0.05) is 36.4 Å². The van der Waals surface area contributed by atoms with Crippen molar-refractivity contribution in [1.29, 1.82) is 0 Å². The van der Waals surface area contributed by atoms with Crippen LogP contribution in [0.1, 0.15) is 18.4 Å². The van der Waals surface area contributed by atoms with Crippen LogP contribution in [-0.2, 0) is 11.3 Å². The van der Waals surface area contributed by atoms with Crippen LogP contribution in [0.3, 0.4) is 0 Å². The molecule has 4 heteroatoms. The number of hydrogen-bond donors (Lipinski definition) is 2. The summed E-state index contributed by atoms with van der Waals surface area (Å²) < 4.78 is 0. The number of rotatable bonds is 6. The monoisotopic (exact) mass is 274 g/mol. The molecule has 2 N–H and O–H groups in total. The third kappa shape index (κ3) is 3.46. The molecule has 0 aromatic heterocycles. The SMILES string of the molecule is C=CCNC1(C(=O)O)CCCN(Cc2ccccc2)C1. The van der Waals surface area contributed by atoms with Crippen molar-refractivity contribution in [3.05, 3.63) is 48.6 Å². The number of piperidine rings is 1. The summed E-state index contributed by atoms with van der Waals surface area (Å²) in [5, 5.41) is 12.7. The van der Waals surface area contributed by atoms with E-state index in [2.05, 4.69) is 28.9 Å². The van der Waals surface area contributed by atoms with Crippen LogP contribution in [0.2, 0.25) is 0 Å². The highest BCUT2D eigenvalue weighted by Crippen LogP contribution is 2.23. The third-order valence-corrected chi connectivity index (χ3v) is 3.81. The number of nitrogens with one attached hydrogen (secondary N) is 1. The standard InChI is InChI=1S/C16H22N2O2/c1-2-10-17-16(15(19)20)9-6-11-18(13-16)12-14-7-4-3-5-8-14/h2-5,7-8,17H,1,6,9-13H2,(H,19,20). The van der Waals surface area contributed by atoms with Gasteiger partial charge in [0.15, 0.2) is 0 Å². The second-order valence-electron chi connectivity index (χ2n) is 5.36. The maximum Gasteiger partial charge on any atom is 0.325 e. The number of hydrogen-bond acceptors (Lipinski definition) is 3. The van der Waals surface area contributed by atoms with Crippen LogP contribution in [0.25, 0.3) is 0 Å². The van der Waals surface area contributed by atoms with E-state index in [1.807, 2.05) is 18.2 Å². The van der Waals surface area contributed by atoms with Gasteiger partial charge in [0, 0.05) is 19.6 Å². The highest BCUT2D eigenvalue weighted by Gasteiger charge is 2.41. The second kappa shape index (κ2) is 6.68. The number of carboxylic acids is 1. The molecule has 1 saturated heterocycles. The van der Waals surface area contributed by atoms with Crippen LogP contribution < -0.4 is 5.32 Å². The molecule has 20 heavy (non-hydrogen) atoms. The van der Waals surface area contributed by atoms with Crippen molar-refractivity contribution in [2.45, 2.75) is 24.9 Å². The van der Waals surface area contributed by atoms with E-state index >= 15 is 0 Å². The summed E-state index contributed by atoms with van der Waals surface area (Å²) in [5.74, 6) is -0.767. The topological polar surface area (TPSA) is 52.6 Å². The van der Waals surface area contributed by atoms with Gasteiger partial charge < -0.3 is 5.11 Å². The van der Waals surface area contributed by atoms with Crippen molar-refractivity contribution in [3.63, 3.8) is 0 Å². The summed E-state index contributed by atoms with van der Waals surface area (Å²) in [6.07, 6.45) is 3.27. The summed E-state index contributed by atoms with van der Waals surface area (Å²) in [5.41, 5.74) is 0.374. The number of aliphatic carboxylic acids is 1. The minimum absolute atomic E-state index is 0.519. The molecule has 0 saturated carbocycles. The first-order valence-corrected chi connectivity index (χ1v) is 7.02. The molecule has 1 atom stereocenters. The largest absolute Gasteiger partial charge is 0.480 e. The summed E-state index contributed by atoms with van der Waals surface area (Å²) in [6, 6.07) is 10.2. The lowest BCUT2D eigenvalue weighted by molar-refractivity contribution is -0.147. The Labute approximate surface area is 120 Å². The summed E-state index contributed by atoms with van der Waals surface area (Å²) in [4.78, 5) is 13.9. The first-order chi connectivity index (χ1) is 9.66. The maximum absolute atomic E-state index is 11.7. The number of carbonyl (C=O) groups is 1. The van der Waals surface area contributed by atoms with Crippen LogP contribution >= 0.6 is 0 Å². The second-order valence-corrected chi connectivity index (χ2v) is 5.36. The van der Waals surface area contributed by atoms with E-state index < -0.39 is 11.5 Å². The first kappa shape index (κ1) is 14.8. The third-order valence-electron chi connectivity index (χ3n) is 3.81. The van der Waals surface area contributed by atoms with Crippen LogP contribution in [0.4, 0.5) is 0 Å². The molecule has 1 fully saturated rings. The van der Waals surface area contributed by atoms with E-state index in [4.69, 9.17) is 0 Å². The fourth-order valence-electron chi connectivity index (χ4n) is 2.78. The van der Waals surface area contributed by atoms with Gasteiger partial charge in [-0.2, -0.15) is 0 Å². The molecule has 0 amide bonds. The molecule has 1 aliphatic rings. The van der Waals surface area contributed by atoms with Crippen molar-refractivity contribution < 1.29 is 9.90 Å². The van der Waals surface area contributed by atoms with Gasteiger partial charge in [0.05, 0.1) is 0 Å². The average Bonchev–Trinajstić information content (AvgIpc) is 2.46. The van der Waals surface area contributed by atoms with E-state index in [9.17, 15) is 9.90 Å². The molecule has 0 spiro atoms. The zero-order chi connectivity index (χ0) is 14.4.